The van der Waals surface area contributed by atoms with Crippen LogP contribution in [0.1, 0.15) is 141 Å². The highest BCUT2D eigenvalue weighted by Crippen LogP contribution is 2.32. The van der Waals surface area contributed by atoms with Crippen LogP contribution in [0.3, 0.4) is 0 Å². The maximum atomic E-state index is 13.3. The van der Waals surface area contributed by atoms with E-state index >= 15 is 0 Å². The minimum Gasteiger partial charge on any atom is -0.496 e. The fourth-order valence-corrected chi connectivity index (χ4v) is 6.83. The maximum absolute atomic E-state index is 13.3. The van der Waals surface area contributed by atoms with Gasteiger partial charge in [0.05, 0.1) is 12.8 Å². The summed E-state index contributed by atoms with van der Waals surface area (Å²) in [4.78, 5) is 18.0. The molecule has 0 aliphatic heterocycles. The maximum Gasteiger partial charge on any atom is 0.261 e. The van der Waals surface area contributed by atoms with Crippen LogP contribution in [0, 0.1) is 0 Å². The van der Waals surface area contributed by atoms with Crippen LogP contribution in [-0.2, 0) is 23.2 Å². The first kappa shape index (κ1) is 39.3. The third kappa shape index (κ3) is 11.5. The first-order valence-electron chi connectivity index (χ1n) is 19.0. The Balaban J connectivity index is 1.23. The molecule has 0 saturated heterocycles. The quantitative estimate of drug-likeness (QED) is 0.0794. The molecule has 1 amide bonds. The monoisotopic (exact) mass is 705 g/mol. The molecule has 0 bridgehead atoms. The van der Waals surface area contributed by atoms with E-state index in [1.807, 2.05) is 37.3 Å². The normalized spacial score (nSPS) is 12.4. The average molecular weight is 706 g/mol. The van der Waals surface area contributed by atoms with Gasteiger partial charge in [-0.1, -0.05) is 135 Å². The summed E-state index contributed by atoms with van der Waals surface area (Å²) in [5.74, 6) is 1.76. The van der Waals surface area contributed by atoms with Crippen molar-refractivity contribution in [2.24, 2.45) is 0 Å². The lowest BCUT2D eigenvalue weighted by molar-refractivity contribution is -0.128. The highest BCUT2D eigenvalue weighted by atomic mass is 35.5. The molecular formula is C41H60ClN5O3. The summed E-state index contributed by atoms with van der Waals surface area (Å²) in [5.41, 5.74) is 4.15. The topological polar surface area (TPSA) is 93.5 Å². The molecule has 9 heteroatoms. The average Bonchev–Trinajstić information content (AvgIpc) is 3.67. The van der Waals surface area contributed by atoms with Crippen molar-refractivity contribution >= 4 is 23.2 Å². The number of aromatic nitrogens is 4. The van der Waals surface area contributed by atoms with Crippen LogP contribution in [-0.4, -0.2) is 38.9 Å². The van der Waals surface area contributed by atoms with Crippen LogP contribution in [0.4, 0.5) is 0 Å². The van der Waals surface area contributed by atoms with Gasteiger partial charge in [-0.15, -0.1) is 5.10 Å². The van der Waals surface area contributed by atoms with Gasteiger partial charge in [-0.3, -0.25) is 9.89 Å². The summed E-state index contributed by atoms with van der Waals surface area (Å²) >= 11 is 6.65. The number of H-pyrrole nitrogens is 1. The molecule has 8 nitrogen and oxygen atoms in total. The van der Waals surface area contributed by atoms with Gasteiger partial charge in [-0.25, -0.2) is 4.98 Å². The largest absolute Gasteiger partial charge is 0.496 e. The number of nitrogens with one attached hydrogen (secondary N) is 2. The van der Waals surface area contributed by atoms with E-state index in [1.54, 1.807) is 11.7 Å². The van der Waals surface area contributed by atoms with Crippen molar-refractivity contribution in [3.8, 4) is 22.9 Å². The lowest BCUT2D eigenvalue weighted by Gasteiger charge is -2.18. The van der Waals surface area contributed by atoms with Gasteiger partial charge in [0.15, 0.2) is 17.6 Å². The van der Waals surface area contributed by atoms with E-state index in [2.05, 4.69) is 55.3 Å². The number of unbranched alkanes of at least 4 members (excludes halogenated alkanes) is 12. The van der Waals surface area contributed by atoms with E-state index < -0.39 is 6.10 Å². The van der Waals surface area contributed by atoms with E-state index in [1.165, 1.54) is 89.0 Å². The predicted octanol–water partition coefficient (Wildman–Crippen LogP) is 10.8. The van der Waals surface area contributed by atoms with Gasteiger partial charge in [0.2, 0.25) is 0 Å². The third-order valence-electron chi connectivity index (χ3n) is 9.39. The zero-order valence-corrected chi connectivity index (χ0v) is 32.1. The number of carbonyl (C=O) groups excluding carboxylic acids is 1. The minimum absolute atomic E-state index is 0.167. The second-order valence-corrected chi connectivity index (χ2v) is 15.0. The minimum atomic E-state index is -0.606. The number of benzene rings is 2. The summed E-state index contributed by atoms with van der Waals surface area (Å²) in [6, 6.07) is 13.9. The Bertz CT molecular complexity index is 1620. The Morgan fingerprint density at radius 2 is 1.58 bits per heavy atom. The predicted molar refractivity (Wildman–Crippen MR) is 205 cm³/mol. The second-order valence-electron chi connectivity index (χ2n) is 14.6. The number of aromatic amines is 1. The highest BCUT2D eigenvalue weighted by molar-refractivity contribution is 6.34. The van der Waals surface area contributed by atoms with E-state index in [-0.39, 0.29) is 17.9 Å². The molecule has 0 saturated carbocycles. The molecule has 50 heavy (non-hydrogen) atoms. The molecule has 0 fully saturated rings. The first-order chi connectivity index (χ1) is 24.1. The molecule has 2 N–H and O–H groups in total. The number of halogens is 1. The molecule has 0 spiro atoms. The van der Waals surface area contributed by atoms with Gasteiger partial charge < -0.3 is 14.8 Å². The van der Waals surface area contributed by atoms with E-state index in [4.69, 9.17) is 26.1 Å². The zero-order valence-electron chi connectivity index (χ0n) is 31.4. The Morgan fingerprint density at radius 1 is 0.920 bits per heavy atom. The van der Waals surface area contributed by atoms with Crippen molar-refractivity contribution in [3.05, 3.63) is 64.3 Å². The number of rotatable bonds is 22. The molecule has 0 aliphatic rings. The van der Waals surface area contributed by atoms with Gasteiger partial charge in [0.1, 0.15) is 16.5 Å². The fourth-order valence-electron chi connectivity index (χ4n) is 6.38. The summed E-state index contributed by atoms with van der Waals surface area (Å²) in [5, 5.41) is 11.5. The number of fused-ring (bicyclic) bond motifs is 1. The Labute approximate surface area is 305 Å². The van der Waals surface area contributed by atoms with Gasteiger partial charge >= 0.3 is 0 Å². The molecule has 1 unspecified atom stereocenters. The van der Waals surface area contributed by atoms with Crippen LogP contribution in [0.25, 0.3) is 17.0 Å². The number of amides is 1. The van der Waals surface area contributed by atoms with Crippen molar-refractivity contribution in [1.82, 2.24) is 25.1 Å². The van der Waals surface area contributed by atoms with Gasteiger partial charge in [0, 0.05) is 23.1 Å². The Hall–Kier alpha value is -3.52. The summed E-state index contributed by atoms with van der Waals surface area (Å²) in [6.45, 7) is 10.8. The number of carbonyl (C=O) groups is 1. The molecule has 1 atom stereocenters. The van der Waals surface area contributed by atoms with E-state index in [0.717, 1.165) is 29.0 Å². The van der Waals surface area contributed by atoms with Crippen molar-refractivity contribution < 1.29 is 14.3 Å². The third-order valence-corrected chi connectivity index (χ3v) is 9.75. The molecule has 0 radical (unpaired) electrons. The Kier molecular flexibility index (Phi) is 15.5. The molecule has 4 rings (SSSR count). The molecule has 0 aliphatic carbocycles. The van der Waals surface area contributed by atoms with Crippen LogP contribution < -0.4 is 14.8 Å². The van der Waals surface area contributed by atoms with Crippen molar-refractivity contribution in [1.29, 1.82) is 0 Å². The second kappa shape index (κ2) is 19.8. The molecule has 4 aromatic rings. The first-order valence-corrected chi connectivity index (χ1v) is 19.4. The highest BCUT2D eigenvalue weighted by Gasteiger charge is 2.25. The summed E-state index contributed by atoms with van der Waals surface area (Å²) < 4.78 is 13.4. The fraction of sp³-hybridized carbons (Fsp3) is 0.585. The number of aryl methyl sites for hydroxylation is 1. The van der Waals surface area contributed by atoms with Crippen LogP contribution in [0.2, 0.25) is 5.02 Å². The molecule has 2 aromatic heterocycles. The standard InChI is InChI=1S/C41H60ClN5O3/c1-7-9-10-11-12-13-14-15-16-17-18-19-20-22-30-23-21-24-33(27-30)50-34(8-2)40(48)43-29-32-28-31(25-26-35(32)49-6)38-44-39-36(42)37(41(3,4)5)45-47(39)46-38/h21,23-28,34,45H,7-20,22,29H2,1-6H3,(H,43,48). The summed E-state index contributed by atoms with van der Waals surface area (Å²) in [6.07, 6.45) is 18.6. The SMILES string of the molecule is CCCCCCCCCCCCCCCc1cccc(OC(CC)C(=O)NCc2cc(-c3nc4c(Cl)c(C(C)(C)C)[nH]n4n3)ccc2OC)c1. The van der Waals surface area contributed by atoms with Crippen molar-refractivity contribution in [2.45, 2.75) is 149 Å². The lowest BCUT2D eigenvalue weighted by Crippen LogP contribution is -2.37. The number of hydrogen-bond donors (Lipinski definition) is 2. The van der Waals surface area contributed by atoms with Crippen molar-refractivity contribution in [2.75, 3.05) is 7.11 Å². The summed E-state index contributed by atoms with van der Waals surface area (Å²) in [7, 11) is 1.62. The molecule has 2 heterocycles. The van der Waals surface area contributed by atoms with Gasteiger partial charge in [0.25, 0.3) is 5.91 Å². The molecular weight excluding hydrogens is 646 g/mol. The number of ether oxygens (including phenoxy) is 2. The lowest BCUT2D eigenvalue weighted by atomic mass is 9.92. The van der Waals surface area contributed by atoms with Crippen LogP contribution in [0.5, 0.6) is 11.5 Å². The van der Waals surface area contributed by atoms with Gasteiger partial charge in [-0.05, 0) is 55.2 Å². The van der Waals surface area contributed by atoms with Crippen molar-refractivity contribution in [3.63, 3.8) is 0 Å². The molecule has 274 valence electrons. The Morgan fingerprint density at radius 3 is 2.18 bits per heavy atom. The number of nitrogens with zero attached hydrogens (tertiary/aromatic N) is 3. The number of hydrogen-bond acceptors (Lipinski definition) is 5. The van der Waals surface area contributed by atoms with E-state index in [9.17, 15) is 4.79 Å². The van der Waals surface area contributed by atoms with E-state index in [0.29, 0.717) is 28.7 Å². The van der Waals surface area contributed by atoms with Gasteiger partial charge in [-0.2, -0.15) is 4.63 Å². The van der Waals surface area contributed by atoms with Crippen LogP contribution >= 0.6 is 11.6 Å². The van der Waals surface area contributed by atoms with Crippen LogP contribution in [0.15, 0.2) is 42.5 Å². The zero-order chi connectivity index (χ0) is 35.9. The molecule has 2 aromatic carbocycles. The number of methoxy groups -OCH3 is 1. The smallest absolute Gasteiger partial charge is 0.261 e.